The van der Waals surface area contributed by atoms with Crippen molar-refractivity contribution in [2.24, 2.45) is 0 Å². The molecule has 0 spiro atoms. The molecule has 0 aliphatic rings. The molecule has 2 rings (SSSR count). The Hall–Kier alpha value is -1.85. The van der Waals surface area contributed by atoms with Gasteiger partial charge in [0.25, 0.3) is 0 Å². The monoisotopic (exact) mass is 348 g/mol. The molecule has 0 aromatic heterocycles. The maximum Gasteiger partial charge on any atom is 0.150 e. The van der Waals surface area contributed by atoms with Gasteiger partial charge in [-0.25, -0.2) is 8.42 Å². The molecule has 0 aliphatic carbocycles. The van der Waals surface area contributed by atoms with E-state index in [1.165, 1.54) is 5.56 Å². The van der Waals surface area contributed by atoms with Crippen LogP contribution in [0.2, 0.25) is 0 Å². The summed E-state index contributed by atoms with van der Waals surface area (Å²) in [6.07, 6.45) is 0.0666. The molecule has 0 fully saturated rings. The molecule has 5 heteroatoms. The minimum atomic E-state index is -3.21. The molecule has 0 aliphatic heterocycles. The number of ether oxygens (including phenoxy) is 1. The van der Waals surface area contributed by atoms with Crippen LogP contribution < -0.4 is 4.74 Å². The number of rotatable bonds is 7. The van der Waals surface area contributed by atoms with Crippen molar-refractivity contribution in [3.8, 4) is 5.75 Å². The molecule has 4 nitrogen and oxygen atoms in total. The van der Waals surface area contributed by atoms with Crippen LogP contribution in [0.4, 0.5) is 0 Å². The molecule has 1 atom stereocenters. The van der Waals surface area contributed by atoms with Crippen molar-refractivity contribution < 1.29 is 18.3 Å². The van der Waals surface area contributed by atoms with Crippen molar-refractivity contribution in [1.29, 1.82) is 0 Å². The lowest BCUT2D eigenvalue weighted by atomic mass is 9.78. The summed E-state index contributed by atoms with van der Waals surface area (Å²) in [6.45, 7) is 4.27. The Morgan fingerprint density at radius 3 is 2.08 bits per heavy atom. The number of sulfone groups is 1. The summed E-state index contributed by atoms with van der Waals surface area (Å²) in [4.78, 5) is 0. The predicted octanol–water partition coefficient (Wildman–Crippen LogP) is 2.80. The first kappa shape index (κ1) is 18.5. The van der Waals surface area contributed by atoms with Crippen molar-refractivity contribution in [2.45, 2.75) is 25.4 Å². The van der Waals surface area contributed by atoms with Gasteiger partial charge >= 0.3 is 0 Å². The molecule has 2 aromatic rings. The van der Waals surface area contributed by atoms with Gasteiger partial charge in [0.1, 0.15) is 28.3 Å². The van der Waals surface area contributed by atoms with Crippen LogP contribution in [0, 0.1) is 0 Å². The first-order valence-corrected chi connectivity index (χ1v) is 9.89. The molecule has 1 unspecified atom stereocenters. The van der Waals surface area contributed by atoms with E-state index in [2.05, 4.69) is 26.0 Å². The van der Waals surface area contributed by atoms with E-state index >= 15 is 0 Å². The number of benzene rings is 2. The van der Waals surface area contributed by atoms with Crippen molar-refractivity contribution >= 4 is 9.84 Å². The van der Waals surface area contributed by atoms with Gasteiger partial charge in [-0.15, -0.1) is 0 Å². The van der Waals surface area contributed by atoms with E-state index in [4.69, 9.17) is 4.74 Å². The first-order valence-electron chi connectivity index (χ1n) is 7.83. The molecule has 0 saturated heterocycles. The maximum atomic E-state index is 11.1. The van der Waals surface area contributed by atoms with Crippen LogP contribution in [0.25, 0.3) is 0 Å². The number of aliphatic hydroxyl groups is 1. The highest BCUT2D eigenvalue weighted by molar-refractivity contribution is 7.90. The zero-order valence-corrected chi connectivity index (χ0v) is 15.1. The van der Waals surface area contributed by atoms with Gasteiger partial charge in [0.2, 0.25) is 0 Å². The van der Waals surface area contributed by atoms with Crippen LogP contribution >= 0.6 is 0 Å². The second kappa shape index (κ2) is 7.36. The van der Waals surface area contributed by atoms with E-state index in [0.29, 0.717) is 5.75 Å². The second-order valence-corrected chi connectivity index (χ2v) is 8.76. The van der Waals surface area contributed by atoms with Crippen molar-refractivity contribution in [3.63, 3.8) is 0 Å². The number of hydrogen-bond donors (Lipinski definition) is 1. The Balaban J connectivity index is 2.03. The highest BCUT2D eigenvalue weighted by Crippen LogP contribution is 2.32. The first-order chi connectivity index (χ1) is 11.2. The molecule has 24 heavy (non-hydrogen) atoms. The fourth-order valence-corrected chi connectivity index (χ4v) is 3.37. The summed E-state index contributed by atoms with van der Waals surface area (Å²) in [6, 6.07) is 17.9. The zero-order valence-electron chi connectivity index (χ0n) is 14.3. The third-order valence-corrected chi connectivity index (χ3v) is 5.00. The molecule has 1 N–H and O–H groups in total. The topological polar surface area (TPSA) is 63.6 Å². The summed E-state index contributed by atoms with van der Waals surface area (Å²) in [5, 5.41) is 9.67. The largest absolute Gasteiger partial charge is 0.491 e. The number of aliphatic hydroxyl groups excluding tert-OH is 1. The average molecular weight is 348 g/mol. The van der Waals surface area contributed by atoms with Gasteiger partial charge in [0.05, 0.1) is 5.75 Å². The number of hydrogen-bond acceptors (Lipinski definition) is 4. The fourth-order valence-electron chi connectivity index (χ4n) is 2.58. The maximum absolute atomic E-state index is 11.1. The van der Waals surface area contributed by atoms with Crippen molar-refractivity contribution in [1.82, 2.24) is 0 Å². The van der Waals surface area contributed by atoms with E-state index < -0.39 is 15.9 Å². The van der Waals surface area contributed by atoms with Gasteiger partial charge in [-0.2, -0.15) is 0 Å². The molecule has 2 aromatic carbocycles. The van der Waals surface area contributed by atoms with E-state index in [1.807, 2.05) is 42.5 Å². The van der Waals surface area contributed by atoms with E-state index in [0.717, 1.165) is 11.8 Å². The fraction of sp³-hybridized carbons (Fsp3) is 0.368. The molecule has 130 valence electrons. The molecule has 0 bridgehead atoms. The third-order valence-electron chi connectivity index (χ3n) is 4.01. The molecular weight excluding hydrogens is 324 g/mol. The Labute approximate surface area is 144 Å². The van der Waals surface area contributed by atoms with Crippen LogP contribution in [0.5, 0.6) is 5.75 Å². The predicted molar refractivity (Wildman–Crippen MR) is 96.2 cm³/mol. The normalized spacial score (nSPS) is 13.5. The van der Waals surface area contributed by atoms with Crippen LogP contribution in [0.15, 0.2) is 54.6 Å². The third kappa shape index (κ3) is 5.08. The summed E-state index contributed by atoms with van der Waals surface area (Å²) >= 11 is 0. The summed E-state index contributed by atoms with van der Waals surface area (Å²) < 4.78 is 27.7. The van der Waals surface area contributed by atoms with E-state index in [9.17, 15) is 13.5 Å². The van der Waals surface area contributed by atoms with Crippen LogP contribution in [0.3, 0.4) is 0 Å². The smallest absolute Gasteiger partial charge is 0.150 e. The second-order valence-electron chi connectivity index (χ2n) is 6.57. The van der Waals surface area contributed by atoms with Gasteiger partial charge in [-0.1, -0.05) is 56.3 Å². The highest BCUT2D eigenvalue weighted by atomic mass is 32.2. The molecule has 0 heterocycles. The molecule has 0 saturated carbocycles. The van der Waals surface area contributed by atoms with Gasteiger partial charge in [0, 0.05) is 11.7 Å². The molecule has 0 radical (unpaired) electrons. The highest BCUT2D eigenvalue weighted by Gasteiger charge is 2.22. The Bertz CT molecular complexity index is 750. The summed E-state index contributed by atoms with van der Waals surface area (Å²) in [5.74, 6) is 0.307. The van der Waals surface area contributed by atoms with Crippen LogP contribution in [0.1, 0.15) is 25.0 Å². The van der Waals surface area contributed by atoms with Crippen molar-refractivity contribution in [2.75, 3.05) is 18.6 Å². The standard InChI is InChI=1S/C19H24O4S/c1-19(2,15-7-5-4-6-8-15)16-9-11-18(12-10-16)23-13-17(20)14-24(3,21)22/h4-12,17,20H,13-14H2,1-3H3. The zero-order chi connectivity index (χ0) is 17.8. The average Bonchev–Trinajstić information content (AvgIpc) is 2.52. The van der Waals surface area contributed by atoms with Gasteiger partial charge < -0.3 is 9.84 Å². The van der Waals surface area contributed by atoms with Gasteiger partial charge in [-0.05, 0) is 23.3 Å². The summed E-state index contributed by atoms with van der Waals surface area (Å²) in [5.41, 5.74) is 2.25. The lowest BCUT2D eigenvalue weighted by Gasteiger charge is -2.26. The van der Waals surface area contributed by atoms with Gasteiger partial charge in [0.15, 0.2) is 0 Å². The Morgan fingerprint density at radius 2 is 1.54 bits per heavy atom. The Morgan fingerprint density at radius 1 is 1.00 bits per heavy atom. The minimum absolute atomic E-state index is 0.0471. The SMILES string of the molecule is CC(C)(c1ccccc1)c1ccc(OCC(O)CS(C)(=O)=O)cc1. The minimum Gasteiger partial charge on any atom is -0.491 e. The van der Waals surface area contributed by atoms with Crippen LogP contribution in [-0.2, 0) is 15.3 Å². The lowest BCUT2D eigenvalue weighted by Crippen LogP contribution is -2.26. The van der Waals surface area contributed by atoms with Crippen LogP contribution in [-0.4, -0.2) is 38.2 Å². The van der Waals surface area contributed by atoms with Gasteiger partial charge in [-0.3, -0.25) is 0 Å². The molecular formula is C19H24O4S. The quantitative estimate of drug-likeness (QED) is 0.836. The van der Waals surface area contributed by atoms with E-state index in [-0.39, 0.29) is 17.8 Å². The summed E-state index contributed by atoms with van der Waals surface area (Å²) in [7, 11) is -3.21. The molecule has 0 amide bonds. The van der Waals surface area contributed by atoms with Crippen molar-refractivity contribution in [3.05, 3.63) is 65.7 Å². The van der Waals surface area contributed by atoms with E-state index in [1.54, 1.807) is 0 Å². The Kier molecular flexibility index (Phi) is 5.67. The lowest BCUT2D eigenvalue weighted by molar-refractivity contribution is 0.125.